The fourth-order valence-electron chi connectivity index (χ4n) is 3.04. The molecule has 1 fully saturated rings. The van der Waals surface area contributed by atoms with Crippen LogP contribution in [0.1, 0.15) is 28.8 Å². The number of nitrogens with one attached hydrogen (secondary N) is 1. The number of aliphatic carboxylic acids is 1. The summed E-state index contributed by atoms with van der Waals surface area (Å²) >= 11 is 0. The fourth-order valence-corrected chi connectivity index (χ4v) is 3.04. The number of nitro benzene ring substituents is 1. The van der Waals surface area contributed by atoms with Crippen molar-refractivity contribution in [3.63, 3.8) is 0 Å². The second kappa shape index (κ2) is 9.94. The average molecular weight is 489 g/mol. The van der Waals surface area contributed by atoms with Crippen LogP contribution in [0.25, 0.3) is 6.08 Å². The number of esters is 1. The Bertz CT molecular complexity index is 1250. The average Bonchev–Trinajstić information content (AvgIpc) is 3.39. The largest absolute Gasteiger partial charge is 0.493 e. The Morgan fingerprint density at radius 1 is 1.29 bits per heavy atom. The van der Waals surface area contributed by atoms with Crippen LogP contribution >= 0.6 is 0 Å². The molecule has 1 aromatic carbocycles. The molecule has 0 spiro atoms. The van der Waals surface area contributed by atoms with Crippen LogP contribution < -0.4 is 14.8 Å². The Balaban J connectivity index is 1.90. The van der Waals surface area contributed by atoms with E-state index in [4.69, 9.17) is 19.0 Å². The summed E-state index contributed by atoms with van der Waals surface area (Å²) in [6, 6.07) is 4.27. The van der Waals surface area contributed by atoms with Gasteiger partial charge in [-0.25, -0.2) is 14.4 Å². The van der Waals surface area contributed by atoms with Gasteiger partial charge in [0.15, 0.2) is 11.9 Å². The number of methoxy groups -OCH3 is 2. The molecule has 2 heterocycles. The molecule has 184 valence electrons. The Morgan fingerprint density at radius 3 is 2.60 bits per heavy atom. The highest BCUT2D eigenvalue weighted by molar-refractivity contribution is 6.13. The molecule has 0 radical (unpaired) electrons. The number of carboxylic acid groups (broad SMARTS) is 1. The van der Waals surface area contributed by atoms with E-state index in [1.165, 1.54) is 45.4 Å². The molecule has 0 saturated carbocycles. The topological polar surface area (TPSA) is 188 Å². The van der Waals surface area contributed by atoms with E-state index < -0.39 is 46.3 Å². The molecular formula is C21H19N3O11. The second-order valence-electron chi connectivity index (χ2n) is 7.06. The summed E-state index contributed by atoms with van der Waals surface area (Å²) in [6.45, 7) is 0.901. The third-order valence-corrected chi connectivity index (χ3v) is 4.75. The molecule has 0 aliphatic carbocycles. The number of amides is 3. The van der Waals surface area contributed by atoms with Crippen LogP contribution in [0.2, 0.25) is 0 Å². The van der Waals surface area contributed by atoms with E-state index in [1.54, 1.807) is 0 Å². The SMILES string of the molecule is COC(=O)c1ccc(CN2C(=O)N/C(=C\c3cc(OC)c(O[C@H](C)C(=O)O)c([N+](=O)[O-])c3)C2=O)o1. The lowest BCUT2D eigenvalue weighted by Crippen LogP contribution is -2.30. The molecule has 35 heavy (non-hydrogen) atoms. The Labute approximate surface area is 196 Å². The summed E-state index contributed by atoms with van der Waals surface area (Å²) in [6.07, 6.45) is -0.223. The van der Waals surface area contributed by atoms with Crippen molar-refractivity contribution < 1.29 is 47.8 Å². The van der Waals surface area contributed by atoms with Gasteiger partial charge in [-0.05, 0) is 36.8 Å². The highest BCUT2D eigenvalue weighted by Crippen LogP contribution is 2.39. The number of nitro groups is 1. The van der Waals surface area contributed by atoms with E-state index in [0.29, 0.717) is 0 Å². The third-order valence-electron chi connectivity index (χ3n) is 4.75. The number of benzene rings is 1. The summed E-state index contributed by atoms with van der Waals surface area (Å²) in [7, 11) is 2.37. The van der Waals surface area contributed by atoms with Gasteiger partial charge in [0.1, 0.15) is 11.5 Å². The zero-order valence-corrected chi connectivity index (χ0v) is 18.6. The van der Waals surface area contributed by atoms with E-state index in [0.717, 1.165) is 11.0 Å². The number of furan rings is 1. The number of carboxylic acids is 1. The van der Waals surface area contributed by atoms with Gasteiger partial charge in [0.25, 0.3) is 5.91 Å². The molecule has 3 amide bonds. The summed E-state index contributed by atoms with van der Waals surface area (Å²) in [5.41, 5.74) is -0.706. The van der Waals surface area contributed by atoms with Crippen molar-refractivity contribution in [3.8, 4) is 11.5 Å². The molecule has 1 saturated heterocycles. The van der Waals surface area contributed by atoms with Gasteiger partial charge < -0.3 is 29.1 Å². The van der Waals surface area contributed by atoms with Crippen LogP contribution in [0.5, 0.6) is 11.5 Å². The number of carbonyl (C=O) groups is 4. The molecule has 1 aromatic heterocycles. The fraction of sp³-hybridized carbons (Fsp3) is 0.238. The molecule has 14 heteroatoms. The van der Waals surface area contributed by atoms with Crippen LogP contribution in [0.15, 0.2) is 34.4 Å². The summed E-state index contributed by atoms with van der Waals surface area (Å²) in [5, 5.41) is 23.0. The van der Waals surface area contributed by atoms with Gasteiger partial charge in [0.05, 0.1) is 25.7 Å². The van der Waals surface area contributed by atoms with Crippen LogP contribution in [-0.4, -0.2) is 59.1 Å². The zero-order valence-electron chi connectivity index (χ0n) is 18.6. The highest BCUT2D eigenvalue weighted by atomic mass is 16.6. The first kappa shape index (κ1) is 24.8. The Kier molecular flexibility index (Phi) is 7.03. The van der Waals surface area contributed by atoms with Gasteiger partial charge >= 0.3 is 23.7 Å². The van der Waals surface area contributed by atoms with E-state index in [2.05, 4.69) is 10.1 Å². The minimum absolute atomic E-state index is 0.0976. The quantitative estimate of drug-likeness (QED) is 0.172. The van der Waals surface area contributed by atoms with Crippen molar-refractivity contribution in [2.45, 2.75) is 19.6 Å². The van der Waals surface area contributed by atoms with E-state index >= 15 is 0 Å². The number of ether oxygens (including phenoxy) is 3. The molecule has 14 nitrogen and oxygen atoms in total. The summed E-state index contributed by atoms with van der Waals surface area (Å²) in [5.74, 6) is -3.36. The van der Waals surface area contributed by atoms with Crippen molar-refractivity contribution in [1.82, 2.24) is 10.2 Å². The number of hydrogen-bond donors (Lipinski definition) is 2. The van der Waals surface area contributed by atoms with Gasteiger partial charge in [-0.3, -0.25) is 19.8 Å². The van der Waals surface area contributed by atoms with Crippen molar-refractivity contribution in [3.05, 3.63) is 57.2 Å². The number of hydrogen-bond acceptors (Lipinski definition) is 10. The zero-order chi connectivity index (χ0) is 25.9. The van der Waals surface area contributed by atoms with Gasteiger partial charge in [-0.2, -0.15) is 0 Å². The molecule has 2 N–H and O–H groups in total. The van der Waals surface area contributed by atoms with Gasteiger partial charge in [0.2, 0.25) is 11.5 Å². The predicted octanol–water partition coefficient (Wildman–Crippen LogP) is 1.93. The maximum atomic E-state index is 12.8. The van der Waals surface area contributed by atoms with E-state index in [1.807, 2.05) is 0 Å². The van der Waals surface area contributed by atoms with Crippen LogP contribution in [0.4, 0.5) is 10.5 Å². The van der Waals surface area contributed by atoms with Crippen LogP contribution in [-0.2, 0) is 20.9 Å². The Hall–Kier alpha value is -4.88. The molecule has 0 bridgehead atoms. The number of urea groups is 1. The third kappa shape index (κ3) is 5.21. The van der Waals surface area contributed by atoms with Crippen molar-refractivity contribution in [2.75, 3.05) is 14.2 Å². The number of carbonyl (C=O) groups excluding carboxylic acids is 3. The van der Waals surface area contributed by atoms with Crippen LogP contribution in [0, 0.1) is 10.1 Å². The van der Waals surface area contributed by atoms with Gasteiger partial charge in [-0.1, -0.05) is 0 Å². The first-order valence-electron chi connectivity index (χ1n) is 9.83. The lowest BCUT2D eigenvalue weighted by Gasteiger charge is -2.14. The maximum absolute atomic E-state index is 12.8. The highest BCUT2D eigenvalue weighted by Gasteiger charge is 2.35. The monoisotopic (exact) mass is 489 g/mol. The molecule has 0 unspecified atom stereocenters. The first-order chi connectivity index (χ1) is 16.5. The standard InChI is InChI=1S/C21H19N3O11/c1-10(19(26)27)34-17-14(24(30)31)7-11(8-16(17)32-2)6-13-18(25)23(21(29)22-13)9-12-4-5-15(35-12)20(28)33-3/h4-8,10H,9H2,1-3H3,(H,22,29)(H,26,27)/b13-6-/t10-/m1/s1. The van der Waals surface area contributed by atoms with Crippen molar-refractivity contribution in [1.29, 1.82) is 0 Å². The van der Waals surface area contributed by atoms with Crippen molar-refractivity contribution >= 4 is 35.6 Å². The van der Waals surface area contributed by atoms with Gasteiger partial charge in [-0.15, -0.1) is 0 Å². The summed E-state index contributed by atoms with van der Waals surface area (Å²) in [4.78, 5) is 59.3. The molecule has 1 aliphatic rings. The minimum atomic E-state index is -1.41. The lowest BCUT2D eigenvalue weighted by molar-refractivity contribution is -0.386. The van der Waals surface area contributed by atoms with E-state index in [9.17, 15) is 29.3 Å². The normalized spacial score (nSPS) is 15.1. The maximum Gasteiger partial charge on any atom is 0.373 e. The molecule has 1 atom stereocenters. The van der Waals surface area contributed by atoms with Crippen LogP contribution in [0.3, 0.4) is 0 Å². The second-order valence-corrected chi connectivity index (χ2v) is 7.06. The van der Waals surface area contributed by atoms with E-state index in [-0.39, 0.29) is 35.1 Å². The molecular weight excluding hydrogens is 470 g/mol. The van der Waals surface area contributed by atoms with Crippen molar-refractivity contribution in [2.24, 2.45) is 0 Å². The summed E-state index contributed by atoms with van der Waals surface area (Å²) < 4.78 is 20.1. The lowest BCUT2D eigenvalue weighted by atomic mass is 10.1. The number of nitrogens with zero attached hydrogens (tertiary/aromatic N) is 2. The molecule has 3 rings (SSSR count). The minimum Gasteiger partial charge on any atom is -0.493 e. The molecule has 1 aliphatic heterocycles. The number of rotatable bonds is 9. The number of imide groups is 1. The smallest absolute Gasteiger partial charge is 0.373 e. The Morgan fingerprint density at radius 2 is 2.00 bits per heavy atom. The first-order valence-corrected chi connectivity index (χ1v) is 9.83. The van der Waals surface area contributed by atoms with Gasteiger partial charge in [0, 0.05) is 6.07 Å². The predicted molar refractivity (Wildman–Crippen MR) is 114 cm³/mol. The molecule has 2 aromatic rings.